The number of primary amides is 1. The van der Waals surface area contributed by atoms with Crippen molar-refractivity contribution < 1.29 is 14.4 Å². The number of nitrogens with one attached hydrogen (secondary N) is 3. The maximum absolute atomic E-state index is 12.8. The van der Waals surface area contributed by atoms with Gasteiger partial charge >= 0.3 is 5.69 Å². The van der Waals surface area contributed by atoms with Crippen molar-refractivity contribution in [1.29, 1.82) is 0 Å². The molecule has 2 aromatic rings. The van der Waals surface area contributed by atoms with Crippen LogP contribution in [0.15, 0.2) is 40.1 Å². The third-order valence-corrected chi connectivity index (χ3v) is 6.12. The zero-order valence-corrected chi connectivity index (χ0v) is 18.9. The van der Waals surface area contributed by atoms with Crippen LogP contribution < -0.4 is 27.6 Å². The van der Waals surface area contributed by atoms with E-state index >= 15 is 0 Å². The van der Waals surface area contributed by atoms with E-state index in [1.807, 2.05) is 24.3 Å². The van der Waals surface area contributed by atoms with E-state index in [0.717, 1.165) is 21.9 Å². The van der Waals surface area contributed by atoms with Crippen molar-refractivity contribution in [2.24, 2.45) is 24.6 Å². The number of nitrogens with two attached hydrogens (primary N) is 1. The molecule has 1 saturated carbocycles. The summed E-state index contributed by atoms with van der Waals surface area (Å²) in [7, 11) is 1.42. The fourth-order valence-corrected chi connectivity index (χ4v) is 3.81. The van der Waals surface area contributed by atoms with Crippen molar-refractivity contribution in [2.75, 3.05) is 6.54 Å². The summed E-state index contributed by atoms with van der Waals surface area (Å²) in [5.74, 6) is -2.15. The second kappa shape index (κ2) is 9.85. The maximum atomic E-state index is 12.8. The molecule has 0 aliphatic heterocycles. The molecule has 3 amide bonds. The number of rotatable bonds is 8. The molecule has 1 aromatic heterocycles. The highest BCUT2D eigenvalue weighted by molar-refractivity contribution is 5.93. The van der Waals surface area contributed by atoms with Crippen molar-refractivity contribution in [2.45, 2.75) is 38.6 Å². The number of hydrogen-bond acceptors (Lipinski definition) is 5. The van der Waals surface area contributed by atoms with Gasteiger partial charge in [-0.3, -0.25) is 24.2 Å². The van der Waals surface area contributed by atoms with E-state index in [1.54, 1.807) is 0 Å². The number of H-pyrrole nitrogens is 1. The van der Waals surface area contributed by atoms with E-state index in [4.69, 9.17) is 5.73 Å². The third-order valence-electron chi connectivity index (χ3n) is 6.12. The van der Waals surface area contributed by atoms with E-state index < -0.39 is 40.9 Å². The minimum Gasteiger partial charge on any atom is -0.369 e. The lowest BCUT2D eigenvalue weighted by Gasteiger charge is -2.34. The van der Waals surface area contributed by atoms with Gasteiger partial charge in [0.05, 0.1) is 6.04 Å². The van der Waals surface area contributed by atoms with Crippen LogP contribution >= 0.6 is 0 Å². The number of amides is 3. The molecular weight excluding hydrogens is 426 g/mol. The van der Waals surface area contributed by atoms with Gasteiger partial charge in [0.15, 0.2) is 0 Å². The van der Waals surface area contributed by atoms with Crippen LogP contribution in [0.5, 0.6) is 0 Å². The fraction of sp³-hybridized carbons (Fsp3) is 0.435. The first-order valence-corrected chi connectivity index (χ1v) is 10.9. The number of aromatic nitrogens is 2. The average Bonchev–Trinajstić information content (AvgIpc) is 2.72. The number of carbonyl (C=O) groups excluding carboxylic acids is 3. The van der Waals surface area contributed by atoms with Gasteiger partial charge < -0.3 is 20.9 Å². The van der Waals surface area contributed by atoms with Gasteiger partial charge in [-0.2, -0.15) is 0 Å². The molecule has 0 radical (unpaired) electrons. The van der Waals surface area contributed by atoms with Gasteiger partial charge in [0.2, 0.25) is 11.8 Å². The van der Waals surface area contributed by atoms with Crippen LogP contribution in [0.3, 0.4) is 0 Å². The Balaban J connectivity index is 1.79. The average molecular weight is 456 g/mol. The van der Waals surface area contributed by atoms with E-state index in [9.17, 15) is 24.0 Å². The van der Waals surface area contributed by atoms with Crippen LogP contribution in [0, 0.1) is 11.8 Å². The van der Waals surface area contributed by atoms with Gasteiger partial charge in [-0.15, -0.1) is 0 Å². The Bertz CT molecular complexity index is 1160. The Labute approximate surface area is 190 Å². The highest BCUT2D eigenvalue weighted by Crippen LogP contribution is 2.34. The molecule has 3 atom stereocenters. The minimum absolute atomic E-state index is 0.00182. The predicted molar refractivity (Wildman–Crippen MR) is 121 cm³/mol. The standard InChI is InChI=1S/C23H29N5O5/c1-12(2)13-4-6-14(7-5-13)18(26-21(31)16-9-8-15(16)19(24)29)10-25-20(30)17-11-28(3)23(33)27-22(17)32/h4-7,11-12,15-16,18H,8-10H2,1-3H3,(H2,24,29)(H,25,30)(H,26,31)(H,27,32,33). The second-order valence-corrected chi connectivity index (χ2v) is 8.70. The van der Waals surface area contributed by atoms with Gasteiger partial charge in [-0.05, 0) is 29.9 Å². The minimum atomic E-state index is -0.795. The SMILES string of the molecule is CC(C)c1ccc(C(CNC(=O)c2cn(C)c(=O)[nH]c2=O)NC(=O)C2CCC2C(N)=O)cc1. The molecule has 3 rings (SSSR count). The molecule has 176 valence electrons. The number of aryl methyl sites for hydroxylation is 1. The second-order valence-electron chi connectivity index (χ2n) is 8.70. The lowest BCUT2D eigenvalue weighted by molar-refractivity contribution is -0.139. The molecule has 1 aliphatic carbocycles. The van der Waals surface area contributed by atoms with Crippen LogP contribution in [-0.2, 0) is 16.6 Å². The van der Waals surface area contributed by atoms with E-state index in [1.165, 1.54) is 7.05 Å². The topological polar surface area (TPSA) is 156 Å². The van der Waals surface area contributed by atoms with Gasteiger partial charge in [0.25, 0.3) is 11.5 Å². The summed E-state index contributed by atoms with van der Waals surface area (Å²) >= 11 is 0. The molecule has 1 aliphatic rings. The molecule has 1 fully saturated rings. The van der Waals surface area contributed by atoms with Crippen molar-refractivity contribution in [3.05, 3.63) is 68.0 Å². The number of benzene rings is 1. The number of carbonyl (C=O) groups is 3. The molecule has 10 nitrogen and oxygen atoms in total. The monoisotopic (exact) mass is 455 g/mol. The summed E-state index contributed by atoms with van der Waals surface area (Å²) in [4.78, 5) is 62.6. The Morgan fingerprint density at radius 3 is 2.24 bits per heavy atom. The smallest absolute Gasteiger partial charge is 0.328 e. The summed E-state index contributed by atoms with van der Waals surface area (Å²) in [6.07, 6.45) is 2.30. The van der Waals surface area contributed by atoms with Crippen molar-refractivity contribution >= 4 is 17.7 Å². The first-order valence-electron chi connectivity index (χ1n) is 10.9. The molecule has 5 N–H and O–H groups in total. The van der Waals surface area contributed by atoms with Crippen molar-refractivity contribution in [3.8, 4) is 0 Å². The molecular formula is C23H29N5O5. The molecule has 0 spiro atoms. The quantitative estimate of drug-likeness (QED) is 0.450. The third kappa shape index (κ3) is 5.39. The summed E-state index contributed by atoms with van der Waals surface area (Å²) in [6.45, 7) is 4.14. The van der Waals surface area contributed by atoms with Gasteiger partial charge in [0.1, 0.15) is 5.56 Å². The first-order chi connectivity index (χ1) is 15.6. The highest BCUT2D eigenvalue weighted by Gasteiger charge is 2.40. The van der Waals surface area contributed by atoms with E-state index in [2.05, 4.69) is 29.5 Å². The number of hydrogen-bond donors (Lipinski definition) is 4. The lowest BCUT2D eigenvalue weighted by Crippen LogP contribution is -2.48. The van der Waals surface area contributed by atoms with Gasteiger partial charge in [0, 0.05) is 31.6 Å². The Kier molecular flexibility index (Phi) is 7.15. The number of aromatic amines is 1. The first kappa shape index (κ1) is 24.0. The number of nitrogens with zero attached hydrogens (tertiary/aromatic N) is 1. The zero-order chi connectivity index (χ0) is 24.3. The fourth-order valence-electron chi connectivity index (χ4n) is 3.81. The van der Waals surface area contributed by atoms with Crippen LogP contribution in [0.2, 0.25) is 0 Å². The van der Waals surface area contributed by atoms with E-state index in [0.29, 0.717) is 18.8 Å². The van der Waals surface area contributed by atoms with Gasteiger partial charge in [-0.1, -0.05) is 38.1 Å². The Morgan fingerprint density at radius 1 is 1.09 bits per heavy atom. The molecule has 3 unspecified atom stereocenters. The molecule has 10 heteroatoms. The predicted octanol–water partition coefficient (Wildman–Crippen LogP) is 0.296. The summed E-state index contributed by atoms with van der Waals surface area (Å²) in [6, 6.07) is 7.06. The summed E-state index contributed by atoms with van der Waals surface area (Å²) in [5.41, 5.74) is 5.62. The summed E-state index contributed by atoms with van der Waals surface area (Å²) < 4.78 is 1.10. The van der Waals surface area contributed by atoms with Crippen LogP contribution in [0.25, 0.3) is 0 Å². The van der Waals surface area contributed by atoms with Crippen LogP contribution in [-0.4, -0.2) is 33.8 Å². The lowest BCUT2D eigenvalue weighted by atomic mass is 9.72. The maximum Gasteiger partial charge on any atom is 0.328 e. The van der Waals surface area contributed by atoms with Crippen molar-refractivity contribution in [1.82, 2.24) is 20.2 Å². The van der Waals surface area contributed by atoms with E-state index in [-0.39, 0.29) is 18.0 Å². The van der Waals surface area contributed by atoms with Gasteiger partial charge in [-0.25, -0.2) is 4.79 Å². The molecule has 0 bridgehead atoms. The zero-order valence-electron chi connectivity index (χ0n) is 18.9. The van der Waals surface area contributed by atoms with Crippen LogP contribution in [0.1, 0.15) is 60.1 Å². The highest BCUT2D eigenvalue weighted by atomic mass is 16.2. The Morgan fingerprint density at radius 2 is 1.70 bits per heavy atom. The molecule has 0 saturated heterocycles. The van der Waals surface area contributed by atoms with Crippen molar-refractivity contribution in [3.63, 3.8) is 0 Å². The largest absolute Gasteiger partial charge is 0.369 e. The normalized spacial score (nSPS) is 18.3. The molecule has 1 heterocycles. The Hall–Kier alpha value is -3.69. The molecule has 1 aromatic carbocycles. The van der Waals surface area contributed by atoms with Crippen LogP contribution in [0.4, 0.5) is 0 Å². The molecule has 33 heavy (non-hydrogen) atoms. The summed E-state index contributed by atoms with van der Waals surface area (Å²) in [5, 5.41) is 5.56.